The molecule has 0 N–H and O–H groups in total. The van der Waals surface area contributed by atoms with E-state index in [0.29, 0.717) is 13.2 Å². The molecular weight excluding hydrogens is 182 g/mol. The molecule has 14 heavy (non-hydrogen) atoms. The summed E-state index contributed by atoms with van der Waals surface area (Å²) in [6, 6.07) is 0. The van der Waals surface area contributed by atoms with E-state index >= 15 is 0 Å². The van der Waals surface area contributed by atoms with E-state index in [1.165, 1.54) is 0 Å². The summed E-state index contributed by atoms with van der Waals surface area (Å²) in [5.41, 5.74) is 1.82. The van der Waals surface area contributed by atoms with Gasteiger partial charge in [-0.3, -0.25) is 0 Å². The smallest absolute Gasteiger partial charge is 0.168 e. The van der Waals surface area contributed by atoms with E-state index in [1.54, 1.807) is 6.20 Å². The van der Waals surface area contributed by atoms with Crippen LogP contribution in [0.4, 0.5) is 0 Å². The van der Waals surface area contributed by atoms with Gasteiger partial charge in [-0.05, 0) is 0 Å². The van der Waals surface area contributed by atoms with Crippen LogP contribution < -0.4 is 0 Å². The molecule has 3 rings (SSSR count). The van der Waals surface area contributed by atoms with E-state index < -0.39 is 0 Å². The van der Waals surface area contributed by atoms with Crippen molar-refractivity contribution in [2.75, 3.05) is 0 Å². The van der Waals surface area contributed by atoms with Gasteiger partial charge in [0.25, 0.3) is 0 Å². The van der Waals surface area contributed by atoms with Crippen LogP contribution >= 0.6 is 0 Å². The predicted octanol–water partition coefficient (Wildman–Crippen LogP) is 1.11. The van der Waals surface area contributed by atoms with E-state index in [2.05, 4.69) is 10.1 Å². The molecule has 0 saturated heterocycles. The lowest BCUT2D eigenvalue weighted by atomic mass is 10.2. The van der Waals surface area contributed by atoms with Crippen LogP contribution in [0.25, 0.3) is 11.5 Å². The van der Waals surface area contributed by atoms with Gasteiger partial charge in [0.05, 0.1) is 12.2 Å². The zero-order valence-electron chi connectivity index (χ0n) is 7.73. The first-order valence-electron chi connectivity index (χ1n) is 4.39. The third-order valence-electron chi connectivity index (χ3n) is 2.38. The van der Waals surface area contributed by atoms with Crippen molar-refractivity contribution in [3.05, 3.63) is 23.7 Å². The number of ether oxygens (including phenoxy) is 1. The van der Waals surface area contributed by atoms with Crippen LogP contribution in [0.5, 0.6) is 0 Å². The SMILES string of the molecule is Cn1ccnc1-c1noc2c1COC2. The van der Waals surface area contributed by atoms with Gasteiger partial charge in [0.15, 0.2) is 17.3 Å². The molecule has 0 bridgehead atoms. The van der Waals surface area contributed by atoms with Gasteiger partial charge < -0.3 is 13.8 Å². The number of nitrogens with zero attached hydrogens (tertiary/aromatic N) is 3. The number of hydrogen-bond acceptors (Lipinski definition) is 4. The average Bonchev–Trinajstić information content (AvgIpc) is 2.78. The number of imidazole rings is 1. The molecule has 0 unspecified atom stereocenters. The molecule has 3 heterocycles. The molecule has 0 aliphatic carbocycles. The van der Waals surface area contributed by atoms with Gasteiger partial charge in [-0.25, -0.2) is 4.98 Å². The lowest BCUT2D eigenvalue weighted by Gasteiger charge is -1.97. The quantitative estimate of drug-likeness (QED) is 0.677. The summed E-state index contributed by atoms with van der Waals surface area (Å²) >= 11 is 0. The van der Waals surface area contributed by atoms with E-state index in [0.717, 1.165) is 22.8 Å². The monoisotopic (exact) mass is 191 g/mol. The van der Waals surface area contributed by atoms with Gasteiger partial charge in [0, 0.05) is 19.4 Å². The Labute approximate surface area is 80.3 Å². The van der Waals surface area contributed by atoms with Crippen LogP contribution in [0.2, 0.25) is 0 Å². The summed E-state index contributed by atoms with van der Waals surface area (Å²) < 4.78 is 12.3. The van der Waals surface area contributed by atoms with Crippen molar-refractivity contribution in [2.24, 2.45) is 7.05 Å². The van der Waals surface area contributed by atoms with Crippen molar-refractivity contribution < 1.29 is 9.26 Å². The number of aryl methyl sites for hydroxylation is 1. The van der Waals surface area contributed by atoms with Crippen molar-refractivity contribution in [3.63, 3.8) is 0 Å². The van der Waals surface area contributed by atoms with E-state index in [-0.39, 0.29) is 0 Å². The lowest BCUT2D eigenvalue weighted by Crippen LogP contribution is -1.94. The third-order valence-corrected chi connectivity index (χ3v) is 2.38. The second kappa shape index (κ2) is 2.68. The van der Waals surface area contributed by atoms with Crippen molar-refractivity contribution in [3.8, 4) is 11.5 Å². The molecular formula is C9H9N3O2. The molecule has 5 heteroatoms. The highest BCUT2D eigenvalue weighted by Gasteiger charge is 2.24. The van der Waals surface area contributed by atoms with Crippen molar-refractivity contribution in [1.82, 2.24) is 14.7 Å². The Hall–Kier alpha value is -1.62. The number of rotatable bonds is 1. The van der Waals surface area contributed by atoms with E-state index in [1.807, 2.05) is 17.8 Å². The fourth-order valence-corrected chi connectivity index (χ4v) is 1.62. The minimum atomic E-state index is 0.521. The molecule has 0 amide bonds. The van der Waals surface area contributed by atoms with E-state index in [9.17, 15) is 0 Å². The molecule has 2 aromatic rings. The van der Waals surface area contributed by atoms with Crippen LogP contribution in [0.3, 0.4) is 0 Å². The standard InChI is InChI=1S/C9H9N3O2/c1-12-3-2-10-9(12)8-6-4-13-5-7(6)14-11-8/h2-3H,4-5H2,1H3. The minimum Gasteiger partial charge on any atom is -0.368 e. The summed E-state index contributed by atoms with van der Waals surface area (Å²) in [6.45, 7) is 1.09. The summed E-state index contributed by atoms with van der Waals surface area (Å²) in [7, 11) is 1.93. The summed E-state index contributed by atoms with van der Waals surface area (Å²) in [5.74, 6) is 1.64. The minimum absolute atomic E-state index is 0.521. The third kappa shape index (κ3) is 0.927. The Morgan fingerprint density at radius 2 is 2.36 bits per heavy atom. The van der Waals surface area contributed by atoms with Gasteiger partial charge in [0.1, 0.15) is 6.61 Å². The first-order chi connectivity index (χ1) is 6.86. The largest absolute Gasteiger partial charge is 0.368 e. The maximum Gasteiger partial charge on any atom is 0.168 e. The highest BCUT2D eigenvalue weighted by Crippen LogP contribution is 2.29. The second-order valence-corrected chi connectivity index (χ2v) is 3.29. The van der Waals surface area contributed by atoms with E-state index in [4.69, 9.17) is 9.26 Å². The first-order valence-corrected chi connectivity index (χ1v) is 4.39. The Morgan fingerprint density at radius 1 is 1.43 bits per heavy atom. The van der Waals surface area contributed by atoms with Crippen LogP contribution in [0, 0.1) is 0 Å². The molecule has 5 nitrogen and oxygen atoms in total. The normalized spacial score (nSPS) is 14.6. The summed E-state index contributed by atoms with van der Waals surface area (Å²) in [4.78, 5) is 4.22. The van der Waals surface area contributed by atoms with Gasteiger partial charge in [-0.2, -0.15) is 0 Å². The molecule has 1 aliphatic rings. The lowest BCUT2D eigenvalue weighted by molar-refractivity contribution is 0.119. The Morgan fingerprint density at radius 3 is 3.14 bits per heavy atom. The number of aromatic nitrogens is 3. The number of hydrogen-bond donors (Lipinski definition) is 0. The predicted molar refractivity (Wildman–Crippen MR) is 47.2 cm³/mol. The number of fused-ring (bicyclic) bond motifs is 1. The van der Waals surface area contributed by atoms with Gasteiger partial charge in [-0.15, -0.1) is 0 Å². The molecule has 0 fully saturated rings. The Balaban J connectivity index is 2.17. The fraction of sp³-hybridized carbons (Fsp3) is 0.333. The van der Waals surface area contributed by atoms with Crippen LogP contribution in [-0.2, 0) is 25.0 Å². The Kier molecular flexibility index (Phi) is 1.49. The van der Waals surface area contributed by atoms with Crippen LogP contribution in [-0.4, -0.2) is 14.7 Å². The van der Waals surface area contributed by atoms with Crippen LogP contribution in [0.1, 0.15) is 11.3 Å². The molecule has 2 aromatic heterocycles. The fourth-order valence-electron chi connectivity index (χ4n) is 1.62. The zero-order valence-corrected chi connectivity index (χ0v) is 7.73. The topological polar surface area (TPSA) is 53.1 Å². The summed E-state index contributed by atoms with van der Waals surface area (Å²) in [6.07, 6.45) is 3.62. The average molecular weight is 191 g/mol. The molecule has 1 aliphatic heterocycles. The molecule has 0 spiro atoms. The molecule has 0 aromatic carbocycles. The maximum absolute atomic E-state index is 5.26. The molecule has 0 saturated carbocycles. The highest BCUT2D eigenvalue weighted by atomic mass is 16.5. The van der Waals surface area contributed by atoms with Crippen molar-refractivity contribution in [2.45, 2.75) is 13.2 Å². The highest BCUT2D eigenvalue weighted by molar-refractivity contribution is 5.56. The van der Waals surface area contributed by atoms with Crippen molar-refractivity contribution >= 4 is 0 Å². The molecule has 0 radical (unpaired) electrons. The molecule has 72 valence electrons. The first kappa shape index (κ1) is 7.75. The van der Waals surface area contributed by atoms with Gasteiger partial charge in [0.2, 0.25) is 0 Å². The zero-order chi connectivity index (χ0) is 9.54. The summed E-state index contributed by atoms with van der Waals surface area (Å²) in [5, 5.41) is 4.00. The van der Waals surface area contributed by atoms with Crippen molar-refractivity contribution in [1.29, 1.82) is 0 Å². The second-order valence-electron chi connectivity index (χ2n) is 3.29. The maximum atomic E-state index is 5.26. The van der Waals surface area contributed by atoms with Gasteiger partial charge >= 0.3 is 0 Å². The Bertz CT molecular complexity index is 472. The van der Waals surface area contributed by atoms with Gasteiger partial charge in [-0.1, -0.05) is 5.16 Å². The molecule has 0 atom stereocenters. The van der Waals surface area contributed by atoms with Crippen LogP contribution in [0.15, 0.2) is 16.9 Å².